The highest BCUT2D eigenvalue weighted by Crippen LogP contribution is 2.38. The van der Waals surface area contributed by atoms with Crippen LogP contribution in [0.5, 0.6) is 0 Å². The molecule has 3 rings (SSSR count). The minimum Gasteiger partial charge on any atom is -0.480 e. The molecule has 0 amide bonds. The quantitative estimate of drug-likeness (QED) is 0.928. The summed E-state index contributed by atoms with van der Waals surface area (Å²) in [7, 11) is 0. The fraction of sp³-hybridized carbons (Fsp3) is 0.667. The van der Waals surface area contributed by atoms with Crippen molar-refractivity contribution in [3.63, 3.8) is 0 Å². The van der Waals surface area contributed by atoms with Crippen molar-refractivity contribution in [3.05, 3.63) is 21.9 Å². The number of aliphatic carboxylic acids is 1. The average molecular weight is 295 g/mol. The largest absolute Gasteiger partial charge is 0.480 e. The molecule has 0 aromatic carbocycles. The van der Waals surface area contributed by atoms with Gasteiger partial charge in [0.1, 0.15) is 6.61 Å². The number of carbonyl (C=O) groups is 1. The van der Waals surface area contributed by atoms with E-state index >= 15 is 0 Å². The number of piperidine rings is 1. The third-order valence-corrected chi connectivity index (χ3v) is 5.38. The number of nitrogens with zero attached hydrogens (tertiary/aromatic N) is 1. The van der Waals surface area contributed by atoms with Crippen LogP contribution in [0.4, 0.5) is 0 Å². The first-order valence-corrected chi connectivity index (χ1v) is 8.25. The van der Waals surface area contributed by atoms with Gasteiger partial charge in [0.2, 0.25) is 0 Å². The molecule has 1 saturated heterocycles. The average Bonchev–Trinajstić information content (AvgIpc) is 2.94. The predicted molar refractivity (Wildman–Crippen MR) is 78.2 cm³/mol. The number of likely N-dealkylation sites (tertiary alicyclic amines) is 1. The van der Waals surface area contributed by atoms with Crippen molar-refractivity contribution in [1.29, 1.82) is 0 Å². The summed E-state index contributed by atoms with van der Waals surface area (Å²) in [6.45, 7) is 1.87. The van der Waals surface area contributed by atoms with Gasteiger partial charge in [0.25, 0.3) is 0 Å². The smallest absolute Gasteiger partial charge is 0.329 e. The SMILES string of the molecule is O=C(O)COC1CCN(C2CCCc3sccc32)CC1. The standard InChI is InChI=1S/C15H21NO3S/c17-15(18)10-19-11-4-7-16(8-5-11)13-2-1-3-14-12(13)6-9-20-14/h6,9,11,13H,1-5,7-8,10H2,(H,17,18). The number of hydrogen-bond donors (Lipinski definition) is 1. The maximum Gasteiger partial charge on any atom is 0.329 e. The second-order valence-corrected chi connectivity index (χ2v) is 6.65. The Balaban J connectivity index is 1.55. The zero-order valence-corrected chi connectivity index (χ0v) is 12.4. The third kappa shape index (κ3) is 3.05. The number of thiophene rings is 1. The molecule has 1 N–H and O–H groups in total. The van der Waals surface area contributed by atoms with Gasteiger partial charge in [-0.05, 0) is 49.1 Å². The number of ether oxygens (including phenoxy) is 1. The third-order valence-electron chi connectivity index (χ3n) is 4.38. The molecule has 0 radical (unpaired) electrons. The maximum absolute atomic E-state index is 10.5. The molecule has 2 aliphatic rings. The molecule has 0 bridgehead atoms. The molecule has 0 spiro atoms. The summed E-state index contributed by atoms with van der Waals surface area (Å²) in [6.07, 6.45) is 5.79. The fourth-order valence-electron chi connectivity index (χ4n) is 3.38. The number of rotatable bonds is 4. The molecule has 0 saturated carbocycles. The molecule has 1 aromatic heterocycles. The van der Waals surface area contributed by atoms with Crippen molar-refractivity contribution >= 4 is 17.3 Å². The van der Waals surface area contributed by atoms with Gasteiger partial charge >= 0.3 is 5.97 Å². The Kier molecular flexibility index (Phi) is 4.38. The summed E-state index contributed by atoms with van der Waals surface area (Å²) in [5, 5.41) is 10.9. The summed E-state index contributed by atoms with van der Waals surface area (Å²) in [4.78, 5) is 14.6. The van der Waals surface area contributed by atoms with Crippen LogP contribution in [0.15, 0.2) is 11.4 Å². The lowest BCUT2D eigenvalue weighted by atomic mass is 9.91. The molecule has 110 valence electrons. The van der Waals surface area contributed by atoms with Crippen molar-refractivity contribution < 1.29 is 14.6 Å². The zero-order chi connectivity index (χ0) is 13.9. The fourth-order valence-corrected chi connectivity index (χ4v) is 4.37. The highest BCUT2D eigenvalue weighted by Gasteiger charge is 2.30. The Morgan fingerprint density at radius 1 is 1.40 bits per heavy atom. The number of fused-ring (bicyclic) bond motifs is 1. The summed E-state index contributed by atoms with van der Waals surface area (Å²) in [5.41, 5.74) is 1.53. The number of carboxylic acids is 1. The van der Waals surface area contributed by atoms with E-state index in [1.807, 2.05) is 11.3 Å². The van der Waals surface area contributed by atoms with E-state index in [0.717, 1.165) is 25.9 Å². The van der Waals surface area contributed by atoms with E-state index in [-0.39, 0.29) is 12.7 Å². The van der Waals surface area contributed by atoms with Crippen LogP contribution in [0.25, 0.3) is 0 Å². The molecule has 1 unspecified atom stereocenters. The lowest BCUT2D eigenvalue weighted by Gasteiger charge is -2.39. The Morgan fingerprint density at radius 3 is 2.95 bits per heavy atom. The van der Waals surface area contributed by atoms with Gasteiger partial charge in [0.15, 0.2) is 0 Å². The highest BCUT2D eigenvalue weighted by atomic mass is 32.1. The summed E-state index contributed by atoms with van der Waals surface area (Å²) >= 11 is 1.89. The molecule has 20 heavy (non-hydrogen) atoms. The van der Waals surface area contributed by atoms with E-state index in [4.69, 9.17) is 9.84 Å². The first kappa shape index (κ1) is 14.0. The second-order valence-electron chi connectivity index (χ2n) is 5.65. The van der Waals surface area contributed by atoms with Crippen LogP contribution < -0.4 is 0 Å². The minimum atomic E-state index is -0.873. The summed E-state index contributed by atoms with van der Waals surface area (Å²) < 4.78 is 5.41. The van der Waals surface area contributed by atoms with Gasteiger partial charge in [0, 0.05) is 24.0 Å². The predicted octanol–water partition coefficient (Wildman–Crippen LogP) is 2.69. The Labute approximate surface area is 123 Å². The number of aryl methyl sites for hydroxylation is 1. The van der Waals surface area contributed by atoms with Crippen molar-refractivity contribution in [2.45, 2.75) is 44.2 Å². The van der Waals surface area contributed by atoms with Gasteiger partial charge in [-0.15, -0.1) is 11.3 Å². The molecule has 1 aliphatic heterocycles. The van der Waals surface area contributed by atoms with Crippen LogP contribution >= 0.6 is 11.3 Å². The Morgan fingerprint density at radius 2 is 2.20 bits per heavy atom. The topological polar surface area (TPSA) is 49.8 Å². The van der Waals surface area contributed by atoms with Crippen molar-refractivity contribution in [2.24, 2.45) is 0 Å². The van der Waals surface area contributed by atoms with Crippen molar-refractivity contribution in [1.82, 2.24) is 4.90 Å². The Bertz CT molecular complexity index is 465. The van der Waals surface area contributed by atoms with Gasteiger partial charge in [-0.2, -0.15) is 0 Å². The van der Waals surface area contributed by atoms with Gasteiger partial charge in [0.05, 0.1) is 6.10 Å². The molecule has 1 aromatic rings. The van der Waals surface area contributed by atoms with Crippen LogP contribution in [-0.2, 0) is 16.0 Å². The zero-order valence-electron chi connectivity index (χ0n) is 11.6. The Hall–Kier alpha value is -0.910. The van der Waals surface area contributed by atoms with E-state index < -0.39 is 5.97 Å². The van der Waals surface area contributed by atoms with Crippen molar-refractivity contribution in [3.8, 4) is 0 Å². The molecule has 1 aliphatic carbocycles. The molecular formula is C15H21NO3S. The minimum absolute atomic E-state index is 0.118. The van der Waals surface area contributed by atoms with Crippen LogP contribution in [0.1, 0.15) is 42.2 Å². The van der Waals surface area contributed by atoms with Crippen LogP contribution in [0.3, 0.4) is 0 Å². The summed E-state index contributed by atoms with van der Waals surface area (Å²) in [6, 6.07) is 2.86. The molecule has 1 fully saturated rings. The van der Waals surface area contributed by atoms with Gasteiger partial charge < -0.3 is 9.84 Å². The molecule has 1 atom stereocenters. The van der Waals surface area contributed by atoms with Crippen LogP contribution in [0, 0.1) is 0 Å². The second kappa shape index (κ2) is 6.24. The van der Waals surface area contributed by atoms with Crippen LogP contribution in [-0.4, -0.2) is 41.8 Å². The van der Waals surface area contributed by atoms with Crippen LogP contribution in [0.2, 0.25) is 0 Å². The van der Waals surface area contributed by atoms with Gasteiger partial charge in [-0.25, -0.2) is 4.79 Å². The highest BCUT2D eigenvalue weighted by molar-refractivity contribution is 7.10. The van der Waals surface area contributed by atoms with Gasteiger partial charge in [-0.3, -0.25) is 4.90 Å². The lowest BCUT2D eigenvalue weighted by molar-refractivity contribution is -0.145. The van der Waals surface area contributed by atoms with E-state index in [2.05, 4.69) is 16.3 Å². The van der Waals surface area contributed by atoms with Gasteiger partial charge in [-0.1, -0.05) is 0 Å². The normalized spacial score (nSPS) is 24.5. The van der Waals surface area contributed by atoms with E-state index in [9.17, 15) is 4.79 Å². The van der Waals surface area contributed by atoms with Crippen molar-refractivity contribution in [2.75, 3.05) is 19.7 Å². The monoisotopic (exact) mass is 295 g/mol. The van der Waals surface area contributed by atoms with E-state index in [1.54, 1.807) is 4.88 Å². The maximum atomic E-state index is 10.5. The summed E-state index contributed by atoms with van der Waals surface area (Å²) in [5.74, 6) is -0.873. The molecule has 4 nitrogen and oxygen atoms in total. The van der Waals surface area contributed by atoms with E-state index in [0.29, 0.717) is 6.04 Å². The van der Waals surface area contributed by atoms with E-state index in [1.165, 1.54) is 24.8 Å². The number of carboxylic acid groups (broad SMARTS) is 1. The first-order valence-electron chi connectivity index (χ1n) is 7.38. The number of hydrogen-bond acceptors (Lipinski definition) is 4. The first-order chi connectivity index (χ1) is 9.74. The molecular weight excluding hydrogens is 274 g/mol. The molecule has 2 heterocycles. The molecule has 5 heteroatoms. The lowest BCUT2D eigenvalue weighted by Crippen LogP contribution is -2.40.